The summed E-state index contributed by atoms with van der Waals surface area (Å²) >= 11 is 0. The molecule has 0 saturated carbocycles. The molecule has 0 aliphatic heterocycles. The second kappa shape index (κ2) is 79.3. The van der Waals surface area contributed by atoms with Gasteiger partial charge in [-0.25, -0.2) is 9.13 Å². The Morgan fingerprint density at radius 1 is 0.271 bits per heavy atom. The smallest absolute Gasteiger partial charge is 0.462 e. The first kappa shape index (κ1) is 105. The molecule has 0 fully saturated rings. The minimum absolute atomic E-state index is 0.106. The largest absolute Gasteiger partial charge is 0.472 e. The summed E-state index contributed by atoms with van der Waals surface area (Å²) in [5.74, 6) is -0.574. The number of esters is 4. The number of aliphatic hydroxyl groups excluding tert-OH is 1. The molecule has 17 nitrogen and oxygen atoms in total. The van der Waals surface area contributed by atoms with Crippen molar-refractivity contribution >= 4 is 39.5 Å². The SMILES string of the molecule is CCCCCCCCCCCCCCCCCCCCCCCCC(=O)O[C@H](COC(=O)CCCCCCCCCCCCCCCCCCCCCC)COP(=O)(O)OC[C@@H](O)COP(=O)(O)OC[C@@H](COC(=O)CCCCCCCCCCC(C)C)OC(=O)CCCCCCCCCCCCC(C)CC. The average molecular weight is 1560 g/mol. The number of carbonyl (C=O) groups is 4. The standard InChI is InChI=1S/C88H172O17P2/c1-7-10-12-14-16-18-20-22-24-26-28-30-31-33-35-37-39-41-46-54-60-66-72-87(92)104-83(76-98-85(90)70-64-58-52-45-40-38-36-34-32-29-27-25-23-21-19-17-15-13-11-8-2)78-102-106(94,95)100-74-82(89)75-101-107(96,97)103-79-84(77-99-86(91)71-65-59-53-49-48-50-56-62-68-80(4)5)105-88(93)73-67-61-55-47-43-42-44-51-57-63-69-81(6)9-3/h80-84,89H,7-79H2,1-6H3,(H,94,95)(H,96,97)/t81?,82-,83-,84-/m1/s1. The molecule has 0 spiro atoms. The van der Waals surface area contributed by atoms with E-state index in [1.165, 1.54) is 289 Å². The van der Waals surface area contributed by atoms with Crippen LogP contribution in [0.5, 0.6) is 0 Å². The highest BCUT2D eigenvalue weighted by Crippen LogP contribution is 2.45. The fourth-order valence-electron chi connectivity index (χ4n) is 13.7. The van der Waals surface area contributed by atoms with Crippen LogP contribution in [0.15, 0.2) is 0 Å². The number of aliphatic hydroxyl groups is 1. The number of rotatable bonds is 87. The Hall–Kier alpha value is -1.94. The Kier molecular flexibility index (Phi) is 77.9. The summed E-state index contributed by atoms with van der Waals surface area (Å²) in [6.45, 7) is 9.66. The molecule has 0 aliphatic carbocycles. The van der Waals surface area contributed by atoms with Crippen LogP contribution in [0.2, 0.25) is 0 Å². The molecule has 3 unspecified atom stereocenters. The van der Waals surface area contributed by atoms with E-state index in [2.05, 4.69) is 41.5 Å². The second-order valence-electron chi connectivity index (χ2n) is 32.4. The predicted molar refractivity (Wildman–Crippen MR) is 442 cm³/mol. The van der Waals surface area contributed by atoms with Gasteiger partial charge in [-0.05, 0) is 37.5 Å². The zero-order valence-electron chi connectivity index (χ0n) is 70.5. The van der Waals surface area contributed by atoms with Crippen molar-refractivity contribution in [1.29, 1.82) is 0 Å². The topological polar surface area (TPSA) is 237 Å². The van der Waals surface area contributed by atoms with E-state index in [4.69, 9.17) is 37.0 Å². The number of carbonyl (C=O) groups excluding carboxylic acids is 4. The van der Waals surface area contributed by atoms with Gasteiger partial charge in [0.2, 0.25) is 0 Å². The number of unbranched alkanes of at least 4 members (excludes halogenated alkanes) is 56. The van der Waals surface area contributed by atoms with Gasteiger partial charge in [-0.3, -0.25) is 37.3 Å². The van der Waals surface area contributed by atoms with Gasteiger partial charge in [-0.2, -0.15) is 0 Å². The van der Waals surface area contributed by atoms with Crippen molar-refractivity contribution in [1.82, 2.24) is 0 Å². The summed E-state index contributed by atoms with van der Waals surface area (Å²) in [5.41, 5.74) is 0. The molecule has 0 radical (unpaired) electrons. The molecule has 19 heteroatoms. The molecule has 0 saturated heterocycles. The van der Waals surface area contributed by atoms with Crippen LogP contribution >= 0.6 is 15.6 Å². The molecule has 0 aromatic carbocycles. The Morgan fingerprint density at radius 2 is 0.477 bits per heavy atom. The normalized spacial score (nSPS) is 14.0. The number of phosphoric ester groups is 2. The average Bonchev–Trinajstić information content (AvgIpc) is 0.903. The van der Waals surface area contributed by atoms with E-state index in [0.29, 0.717) is 25.7 Å². The molecule has 0 amide bonds. The summed E-state index contributed by atoms with van der Waals surface area (Å²) < 4.78 is 68.9. The predicted octanol–water partition coefficient (Wildman–Crippen LogP) is 27.0. The van der Waals surface area contributed by atoms with E-state index in [1.54, 1.807) is 0 Å². The number of ether oxygens (including phenoxy) is 4. The molecular formula is C88H172O17P2. The van der Waals surface area contributed by atoms with Gasteiger partial charge >= 0.3 is 39.5 Å². The van der Waals surface area contributed by atoms with Crippen molar-refractivity contribution in [3.05, 3.63) is 0 Å². The maximum atomic E-state index is 13.2. The second-order valence-corrected chi connectivity index (χ2v) is 35.3. The van der Waals surface area contributed by atoms with Crippen LogP contribution in [-0.2, 0) is 65.4 Å². The van der Waals surface area contributed by atoms with E-state index in [9.17, 15) is 43.2 Å². The van der Waals surface area contributed by atoms with Gasteiger partial charge < -0.3 is 33.8 Å². The Balaban J connectivity index is 5.22. The molecule has 0 aromatic heterocycles. The van der Waals surface area contributed by atoms with Gasteiger partial charge in [-0.15, -0.1) is 0 Å². The summed E-state index contributed by atoms with van der Waals surface area (Å²) in [6, 6.07) is 0. The van der Waals surface area contributed by atoms with Crippen LogP contribution in [0, 0.1) is 11.8 Å². The first-order valence-electron chi connectivity index (χ1n) is 45.5. The molecule has 0 aromatic rings. The van der Waals surface area contributed by atoms with Gasteiger partial charge in [0.05, 0.1) is 26.4 Å². The molecular weight excluding hydrogens is 1390 g/mol. The maximum absolute atomic E-state index is 13.2. The van der Waals surface area contributed by atoms with Crippen molar-refractivity contribution < 1.29 is 80.2 Å². The molecule has 0 bridgehead atoms. The lowest BCUT2D eigenvalue weighted by Gasteiger charge is -2.21. The lowest BCUT2D eigenvalue weighted by atomic mass is 9.99. The van der Waals surface area contributed by atoms with Crippen molar-refractivity contribution in [3.8, 4) is 0 Å². The van der Waals surface area contributed by atoms with Crippen molar-refractivity contribution in [2.45, 2.75) is 490 Å². The van der Waals surface area contributed by atoms with E-state index < -0.39 is 97.5 Å². The van der Waals surface area contributed by atoms with Gasteiger partial charge in [0.15, 0.2) is 12.2 Å². The highest BCUT2D eigenvalue weighted by molar-refractivity contribution is 7.47. The quantitative estimate of drug-likeness (QED) is 0.0222. The first-order valence-corrected chi connectivity index (χ1v) is 48.5. The molecule has 107 heavy (non-hydrogen) atoms. The van der Waals surface area contributed by atoms with E-state index in [0.717, 1.165) is 102 Å². The molecule has 0 heterocycles. The lowest BCUT2D eigenvalue weighted by Crippen LogP contribution is -2.30. The van der Waals surface area contributed by atoms with Crippen LogP contribution < -0.4 is 0 Å². The highest BCUT2D eigenvalue weighted by atomic mass is 31.2. The Labute approximate surface area is 658 Å². The van der Waals surface area contributed by atoms with E-state index in [1.807, 2.05) is 0 Å². The van der Waals surface area contributed by atoms with Crippen molar-refractivity contribution in [2.75, 3.05) is 39.6 Å². The van der Waals surface area contributed by atoms with E-state index >= 15 is 0 Å². The van der Waals surface area contributed by atoms with Crippen molar-refractivity contribution in [3.63, 3.8) is 0 Å². The monoisotopic (exact) mass is 1560 g/mol. The number of hydrogen-bond acceptors (Lipinski definition) is 15. The van der Waals surface area contributed by atoms with Crippen LogP contribution in [-0.4, -0.2) is 96.7 Å². The van der Waals surface area contributed by atoms with Gasteiger partial charge in [0.1, 0.15) is 19.3 Å². The van der Waals surface area contributed by atoms with Crippen LogP contribution in [0.4, 0.5) is 0 Å². The highest BCUT2D eigenvalue weighted by Gasteiger charge is 2.31. The molecule has 3 N–H and O–H groups in total. The van der Waals surface area contributed by atoms with Crippen LogP contribution in [0.1, 0.15) is 472 Å². The van der Waals surface area contributed by atoms with E-state index in [-0.39, 0.29) is 25.7 Å². The third-order valence-electron chi connectivity index (χ3n) is 21.1. The first-order chi connectivity index (χ1) is 51.9. The fraction of sp³-hybridized carbons (Fsp3) is 0.955. The van der Waals surface area contributed by atoms with Gasteiger partial charge in [0, 0.05) is 25.7 Å². The lowest BCUT2D eigenvalue weighted by molar-refractivity contribution is -0.161. The number of hydrogen-bond donors (Lipinski definition) is 3. The molecule has 6 atom stereocenters. The Bertz CT molecular complexity index is 2050. The zero-order chi connectivity index (χ0) is 78.5. The van der Waals surface area contributed by atoms with Crippen LogP contribution in [0.25, 0.3) is 0 Å². The summed E-state index contributed by atoms with van der Waals surface area (Å²) in [6.07, 6.45) is 72.4. The minimum Gasteiger partial charge on any atom is -0.462 e. The maximum Gasteiger partial charge on any atom is 0.472 e. The molecule has 0 rings (SSSR count). The third kappa shape index (κ3) is 80.5. The molecule has 0 aliphatic rings. The third-order valence-corrected chi connectivity index (χ3v) is 23.0. The number of phosphoric acid groups is 2. The summed E-state index contributed by atoms with van der Waals surface area (Å²) in [5, 5.41) is 10.7. The zero-order valence-corrected chi connectivity index (χ0v) is 72.2. The fourth-order valence-corrected chi connectivity index (χ4v) is 15.3. The van der Waals surface area contributed by atoms with Crippen molar-refractivity contribution in [2.24, 2.45) is 11.8 Å². The molecule has 636 valence electrons. The summed E-state index contributed by atoms with van der Waals surface area (Å²) in [4.78, 5) is 73.3. The Morgan fingerprint density at radius 3 is 0.710 bits per heavy atom. The minimum atomic E-state index is -4.97. The summed E-state index contributed by atoms with van der Waals surface area (Å²) in [7, 11) is -9.93. The van der Waals surface area contributed by atoms with Gasteiger partial charge in [-0.1, -0.05) is 420 Å². The van der Waals surface area contributed by atoms with Gasteiger partial charge in [0.25, 0.3) is 0 Å². The van der Waals surface area contributed by atoms with Crippen LogP contribution in [0.3, 0.4) is 0 Å².